The second-order valence-electron chi connectivity index (χ2n) is 7.34. The van der Waals surface area contributed by atoms with Gasteiger partial charge in [-0.05, 0) is 31.5 Å². The Morgan fingerprint density at radius 1 is 0.923 bits per heavy atom. The van der Waals surface area contributed by atoms with Gasteiger partial charge in [0.15, 0.2) is 0 Å². The molecular weight excluding hydrogens is 324 g/mol. The van der Waals surface area contributed by atoms with Crippen molar-refractivity contribution in [1.29, 1.82) is 0 Å². The van der Waals surface area contributed by atoms with Gasteiger partial charge in [0, 0.05) is 39.3 Å². The third-order valence-electron chi connectivity index (χ3n) is 4.89. The molecule has 1 aliphatic rings. The van der Waals surface area contributed by atoms with Gasteiger partial charge in [-0.1, -0.05) is 47.5 Å². The number of hydrogen-bond donors (Lipinski definition) is 1. The number of aliphatic hydroxyl groups excluding tert-OH is 1. The highest BCUT2D eigenvalue weighted by Crippen LogP contribution is 2.13. The molecule has 0 amide bonds. The van der Waals surface area contributed by atoms with Crippen molar-refractivity contribution in [3.8, 4) is 5.75 Å². The number of aryl methyl sites for hydroxylation is 2. The molecule has 2 aromatic rings. The fourth-order valence-corrected chi connectivity index (χ4v) is 3.38. The molecule has 0 spiro atoms. The minimum atomic E-state index is -0.459. The lowest BCUT2D eigenvalue weighted by Gasteiger charge is -2.35. The van der Waals surface area contributed by atoms with Gasteiger partial charge < -0.3 is 9.84 Å². The molecule has 1 N–H and O–H groups in total. The van der Waals surface area contributed by atoms with Crippen molar-refractivity contribution in [2.75, 3.05) is 39.3 Å². The van der Waals surface area contributed by atoms with Gasteiger partial charge >= 0.3 is 0 Å². The molecule has 1 unspecified atom stereocenters. The Bertz CT molecular complexity index is 679. The summed E-state index contributed by atoms with van der Waals surface area (Å²) in [6.07, 6.45) is -0.459. The monoisotopic (exact) mass is 354 g/mol. The second kappa shape index (κ2) is 9.17. The first kappa shape index (κ1) is 18.9. The first-order valence-corrected chi connectivity index (χ1v) is 9.46. The molecule has 1 heterocycles. The molecule has 140 valence electrons. The number of nitrogens with zero attached hydrogens (tertiary/aromatic N) is 2. The van der Waals surface area contributed by atoms with Crippen LogP contribution in [-0.2, 0) is 6.54 Å². The second-order valence-corrected chi connectivity index (χ2v) is 7.34. The molecule has 1 fully saturated rings. The van der Waals surface area contributed by atoms with Crippen molar-refractivity contribution in [1.82, 2.24) is 9.80 Å². The summed E-state index contributed by atoms with van der Waals surface area (Å²) in [4.78, 5) is 4.82. The van der Waals surface area contributed by atoms with E-state index in [1.807, 2.05) is 24.3 Å². The summed E-state index contributed by atoms with van der Waals surface area (Å²) < 4.78 is 5.69. The smallest absolute Gasteiger partial charge is 0.119 e. The summed E-state index contributed by atoms with van der Waals surface area (Å²) in [5.74, 6) is 0.817. The first-order valence-electron chi connectivity index (χ1n) is 9.46. The third-order valence-corrected chi connectivity index (χ3v) is 4.89. The number of ether oxygens (including phenoxy) is 1. The van der Waals surface area contributed by atoms with Gasteiger partial charge in [0.1, 0.15) is 18.5 Å². The summed E-state index contributed by atoms with van der Waals surface area (Å²) in [5, 5.41) is 10.3. The van der Waals surface area contributed by atoms with E-state index in [9.17, 15) is 5.11 Å². The maximum absolute atomic E-state index is 10.3. The number of hydrogen-bond acceptors (Lipinski definition) is 4. The Labute approximate surface area is 157 Å². The van der Waals surface area contributed by atoms with E-state index in [2.05, 4.69) is 47.9 Å². The highest BCUT2D eigenvalue weighted by molar-refractivity contribution is 5.26. The Morgan fingerprint density at radius 2 is 1.62 bits per heavy atom. The van der Waals surface area contributed by atoms with Crippen LogP contribution in [0.25, 0.3) is 0 Å². The molecular formula is C22H30N2O2. The molecule has 1 atom stereocenters. The van der Waals surface area contributed by atoms with Crippen LogP contribution >= 0.6 is 0 Å². The molecule has 4 nitrogen and oxygen atoms in total. The van der Waals surface area contributed by atoms with E-state index in [1.165, 1.54) is 16.7 Å². The quantitative estimate of drug-likeness (QED) is 0.829. The van der Waals surface area contributed by atoms with Crippen LogP contribution < -0.4 is 4.74 Å². The van der Waals surface area contributed by atoms with Gasteiger partial charge in [-0.2, -0.15) is 0 Å². The van der Waals surface area contributed by atoms with Crippen molar-refractivity contribution in [2.45, 2.75) is 26.5 Å². The van der Waals surface area contributed by atoms with Crippen LogP contribution in [-0.4, -0.2) is 60.3 Å². The van der Waals surface area contributed by atoms with E-state index in [-0.39, 0.29) is 0 Å². The molecule has 0 bridgehead atoms. The normalized spacial score (nSPS) is 17.2. The van der Waals surface area contributed by atoms with E-state index < -0.39 is 6.10 Å². The van der Waals surface area contributed by atoms with E-state index in [0.717, 1.165) is 38.5 Å². The van der Waals surface area contributed by atoms with Gasteiger partial charge in [-0.15, -0.1) is 0 Å². The molecule has 0 aromatic heterocycles. The van der Waals surface area contributed by atoms with Gasteiger partial charge in [0.05, 0.1) is 0 Å². The van der Waals surface area contributed by atoms with Crippen LogP contribution in [0.15, 0.2) is 48.5 Å². The summed E-state index contributed by atoms with van der Waals surface area (Å²) in [6, 6.07) is 16.7. The number of piperazine rings is 1. The minimum absolute atomic E-state index is 0.340. The largest absolute Gasteiger partial charge is 0.491 e. The fraction of sp³-hybridized carbons (Fsp3) is 0.455. The Morgan fingerprint density at radius 3 is 2.31 bits per heavy atom. The SMILES string of the molecule is Cc1ccc(OCC(O)CN2CCN(Cc3cccc(C)c3)CC2)cc1. The standard InChI is InChI=1S/C22H30N2O2/c1-18-6-8-22(9-7-18)26-17-21(25)16-24-12-10-23(11-13-24)15-20-5-3-4-19(2)14-20/h3-9,14,21,25H,10-13,15-17H2,1-2H3. The van der Waals surface area contributed by atoms with Crippen LogP contribution in [0.5, 0.6) is 5.75 Å². The van der Waals surface area contributed by atoms with Gasteiger partial charge in [-0.25, -0.2) is 0 Å². The molecule has 1 saturated heterocycles. The van der Waals surface area contributed by atoms with E-state index in [4.69, 9.17) is 4.74 Å². The number of β-amino-alcohol motifs (C(OH)–C–C–N with tert-alkyl or cyclic N) is 1. The predicted molar refractivity (Wildman–Crippen MR) is 106 cm³/mol. The van der Waals surface area contributed by atoms with E-state index in [0.29, 0.717) is 13.2 Å². The zero-order valence-corrected chi connectivity index (χ0v) is 15.9. The van der Waals surface area contributed by atoms with E-state index >= 15 is 0 Å². The van der Waals surface area contributed by atoms with Crippen LogP contribution in [0.2, 0.25) is 0 Å². The predicted octanol–water partition coefficient (Wildman–Crippen LogP) is 2.86. The molecule has 1 aliphatic heterocycles. The lowest BCUT2D eigenvalue weighted by Crippen LogP contribution is -2.48. The fourth-order valence-electron chi connectivity index (χ4n) is 3.38. The lowest BCUT2D eigenvalue weighted by atomic mass is 10.1. The Hall–Kier alpha value is -1.88. The third kappa shape index (κ3) is 5.84. The lowest BCUT2D eigenvalue weighted by molar-refractivity contribution is 0.0446. The first-order chi connectivity index (χ1) is 12.6. The van der Waals surface area contributed by atoms with Crippen LogP contribution in [0.3, 0.4) is 0 Å². The van der Waals surface area contributed by atoms with Gasteiger partial charge in [0.25, 0.3) is 0 Å². The Kier molecular flexibility index (Phi) is 6.67. The molecule has 26 heavy (non-hydrogen) atoms. The summed E-state index contributed by atoms with van der Waals surface area (Å²) in [5.41, 5.74) is 3.91. The average molecular weight is 354 g/mol. The zero-order valence-electron chi connectivity index (χ0n) is 15.9. The molecule has 4 heteroatoms. The van der Waals surface area contributed by atoms with Gasteiger partial charge in [-0.3, -0.25) is 9.80 Å². The summed E-state index contributed by atoms with van der Waals surface area (Å²) in [6.45, 7) is 10.3. The van der Waals surface area contributed by atoms with Crippen molar-refractivity contribution >= 4 is 0 Å². The Balaban J connectivity index is 1.37. The van der Waals surface area contributed by atoms with Gasteiger partial charge in [0.2, 0.25) is 0 Å². The molecule has 2 aromatic carbocycles. The number of benzene rings is 2. The van der Waals surface area contributed by atoms with Crippen LogP contribution in [0.4, 0.5) is 0 Å². The number of aliphatic hydroxyl groups is 1. The maximum Gasteiger partial charge on any atom is 0.119 e. The number of rotatable bonds is 7. The van der Waals surface area contributed by atoms with Crippen molar-refractivity contribution in [2.24, 2.45) is 0 Å². The summed E-state index contributed by atoms with van der Waals surface area (Å²) >= 11 is 0. The molecule has 0 radical (unpaired) electrons. The van der Waals surface area contributed by atoms with Crippen molar-refractivity contribution < 1.29 is 9.84 Å². The molecule has 3 rings (SSSR count). The average Bonchev–Trinajstić information content (AvgIpc) is 2.63. The van der Waals surface area contributed by atoms with Crippen molar-refractivity contribution in [3.05, 3.63) is 65.2 Å². The topological polar surface area (TPSA) is 35.9 Å². The summed E-state index contributed by atoms with van der Waals surface area (Å²) in [7, 11) is 0. The molecule has 0 aliphatic carbocycles. The van der Waals surface area contributed by atoms with E-state index in [1.54, 1.807) is 0 Å². The van der Waals surface area contributed by atoms with Crippen LogP contribution in [0, 0.1) is 13.8 Å². The zero-order chi connectivity index (χ0) is 18.4. The maximum atomic E-state index is 10.3. The molecule has 0 saturated carbocycles. The minimum Gasteiger partial charge on any atom is -0.491 e. The highest BCUT2D eigenvalue weighted by atomic mass is 16.5. The van der Waals surface area contributed by atoms with Crippen molar-refractivity contribution in [3.63, 3.8) is 0 Å². The van der Waals surface area contributed by atoms with Crippen LogP contribution in [0.1, 0.15) is 16.7 Å². The highest BCUT2D eigenvalue weighted by Gasteiger charge is 2.19.